The first kappa shape index (κ1) is 20.7. The largest absolute Gasteiger partial charge is 0.356 e. The Morgan fingerprint density at radius 3 is 2.25 bits per heavy atom. The molecular weight excluding hydrogens is 392 g/mol. The third-order valence-corrected chi connectivity index (χ3v) is 6.72. The van der Waals surface area contributed by atoms with Gasteiger partial charge in [-0.05, 0) is 49.1 Å². The summed E-state index contributed by atoms with van der Waals surface area (Å²) < 4.78 is 2.08. The highest BCUT2D eigenvalue weighted by Crippen LogP contribution is 2.33. The van der Waals surface area contributed by atoms with Crippen molar-refractivity contribution in [2.45, 2.75) is 46.0 Å². The van der Waals surface area contributed by atoms with E-state index in [1.807, 2.05) is 0 Å². The van der Waals surface area contributed by atoms with Gasteiger partial charge < -0.3 is 4.90 Å². The van der Waals surface area contributed by atoms with Gasteiger partial charge in [0.25, 0.3) is 0 Å². The van der Waals surface area contributed by atoms with E-state index in [9.17, 15) is 0 Å². The van der Waals surface area contributed by atoms with E-state index in [2.05, 4.69) is 96.9 Å². The van der Waals surface area contributed by atoms with Crippen LogP contribution in [-0.2, 0) is 6.42 Å². The van der Waals surface area contributed by atoms with Crippen molar-refractivity contribution in [3.05, 3.63) is 83.7 Å². The lowest BCUT2D eigenvalue weighted by molar-refractivity contribution is 0.401. The molecule has 4 aromatic rings. The number of nitrogens with zero attached hydrogens (tertiary/aromatic N) is 4. The summed E-state index contributed by atoms with van der Waals surface area (Å²) in [5, 5.41) is 4.96. The monoisotopic (exact) mass is 424 g/mol. The first-order valence-corrected chi connectivity index (χ1v) is 11.8. The lowest BCUT2D eigenvalue weighted by atomic mass is 9.90. The Morgan fingerprint density at radius 2 is 1.59 bits per heavy atom. The summed E-state index contributed by atoms with van der Waals surface area (Å²) in [6, 6.07) is 23.7. The minimum Gasteiger partial charge on any atom is -0.356 e. The van der Waals surface area contributed by atoms with Gasteiger partial charge in [0.15, 0.2) is 5.65 Å². The summed E-state index contributed by atoms with van der Waals surface area (Å²) in [4.78, 5) is 7.59. The summed E-state index contributed by atoms with van der Waals surface area (Å²) >= 11 is 0. The van der Waals surface area contributed by atoms with Crippen molar-refractivity contribution in [3.8, 4) is 11.1 Å². The van der Waals surface area contributed by atoms with Crippen LogP contribution in [0.1, 0.15) is 49.6 Å². The van der Waals surface area contributed by atoms with Crippen molar-refractivity contribution < 1.29 is 0 Å². The summed E-state index contributed by atoms with van der Waals surface area (Å²) in [6.07, 6.45) is 3.60. The molecule has 2 aromatic carbocycles. The van der Waals surface area contributed by atoms with Gasteiger partial charge in [-0.25, -0.2) is 4.98 Å². The Labute approximate surface area is 190 Å². The highest BCUT2D eigenvalue weighted by molar-refractivity contribution is 5.81. The Morgan fingerprint density at radius 1 is 0.938 bits per heavy atom. The minimum absolute atomic E-state index is 0.369. The Bertz CT molecular complexity index is 1190. The molecule has 0 spiro atoms. The molecule has 1 fully saturated rings. The number of rotatable bonds is 5. The van der Waals surface area contributed by atoms with E-state index in [4.69, 9.17) is 10.1 Å². The third-order valence-electron chi connectivity index (χ3n) is 6.72. The second-order valence-electron chi connectivity index (χ2n) is 9.38. The van der Waals surface area contributed by atoms with Crippen LogP contribution in [0.25, 0.3) is 16.8 Å². The van der Waals surface area contributed by atoms with Crippen LogP contribution in [0.5, 0.6) is 0 Å². The van der Waals surface area contributed by atoms with Gasteiger partial charge in [-0.2, -0.15) is 9.61 Å². The fourth-order valence-corrected chi connectivity index (χ4v) is 4.90. The van der Waals surface area contributed by atoms with E-state index < -0.39 is 0 Å². The van der Waals surface area contributed by atoms with E-state index >= 15 is 0 Å². The number of hydrogen-bond donors (Lipinski definition) is 0. The molecule has 0 atom stereocenters. The van der Waals surface area contributed by atoms with Crippen LogP contribution in [0.4, 0.5) is 5.82 Å². The second kappa shape index (κ2) is 8.78. The van der Waals surface area contributed by atoms with E-state index in [0.717, 1.165) is 41.6 Å². The SMILES string of the molecule is Cc1nn2c(N3CCC(Cc4ccccc4)CC3)cc(C(C)C)nc2c1-c1ccccc1. The van der Waals surface area contributed by atoms with Crippen LogP contribution in [0.2, 0.25) is 0 Å². The Balaban J connectivity index is 1.47. The van der Waals surface area contributed by atoms with Crippen LogP contribution in [-0.4, -0.2) is 27.7 Å². The molecule has 0 saturated carbocycles. The highest BCUT2D eigenvalue weighted by Gasteiger charge is 2.24. The molecule has 0 amide bonds. The lowest BCUT2D eigenvalue weighted by Crippen LogP contribution is -2.35. The number of hydrogen-bond acceptors (Lipinski definition) is 3. The standard InChI is InChI=1S/C28H32N4/c1-20(2)25-19-26(31-16-14-23(15-17-31)18-22-10-6-4-7-11-22)32-28(29-25)27(21(3)30-32)24-12-8-5-9-13-24/h4-13,19-20,23H,14-18H2,1-3H3. The molecule has 0 N–H and O–H groups in total. The molecular formula is C28H32N4. The molecule has 0 bridgehead atoms. The molecule has 4 heteroatoms. The zero-order valence-corrected chi connectivity index (χ0v) is 19.3. The van der Waals surface area contributed by atoms with Gasteiger partial charge in [-0.1, -0.05) is 74.5 Å². The van der Waals surface area contributed by atoms with E-state index in [1.165, 1.54) is 36.2 Å². The van der Waals surface area contributed by atoms with Crippen LogP contribution < -0.4 is 4.90 Å². The quantitative estimate of drug-likeness (QED) is 0.378. The zero-order valence-electron chi connectivity index (χ0n) is 19.3. The summed E-state index contributed by atoms with van der Waals surface area (Å²) in [5.74, 6) is 2.30. The number of aryl methyl sites for hydroxylation is 1. The number of anilines is 1. The molecule has 1 aliphatic rings. The first-order chi connectivity index (χ1) is 15.6. The molecule has 1 saturated heterocycles. The van der Waals surface area contributed by atoms with E-state index in [1.54, 1.807) is 0 Å². The number of benzene rings is 2. The van der Waals surface area contributed by atoms with Crippen molar-refractivity contribution in [2.24, 2.45) is 5.92 Å². The molecule has 5 rings (SSSR count). The Hall–Kier alpha value is -3.14. The minimum atomic E-state index is 0.369. The first-order valence-electron chi connectivity index (χ1n) is 11.8. The predicted molar refractivity (Wildman–Crippen MR) is 132 cm³/mol. The fraction of sp³-hybridized carbons (Fsp3) is 0.357. The fourth-order valence-electron chi connectivity index (χ4n) is 4.90. The van der Waals surface area contributed by atoms with E-state index in [-0.39, 0.29) is 0 Å². The molecule has 0 unspecified atom stereocenters. The van der Waals surface area contributed by atoms with Crippen LogP contribution in [0.15, 0.2) is 66.7 Å². The molecule has 4 nitrogen and oxygen atoms in total. The molecule has 0 aliphatic carbocycles. The third kappa shape index (κ3) is 4.02. The number of fused-ring (bicyclic) bond motifs is 1. The zero-order chi connectivity index (χ0) is 22.1. The maximum Gasteiger partial charge on any atom is 0.165 e. The second-order valence-corrected chi connectivity index (χ2v) is 9.38. The number of piperidine rings is 1. The predicted octanol–water partition coefficient (Wildman–Crippen LogP) is 6.29. The molecule has 164 valence electrons. The lowest BCUT2D eigenvalue weighted by Gasteiger charge is -2.34. The molecule has 1 aliphatic heterocycles. The maximum atomic E-state index is 5.07. The van der Waals surface area contributed by atoms with E-state index in [0.29, 0.717) is 5.92 Å². The van der Waals surface area contributed by atoms with Gasteiger partial charge in [0, 0.05) is 30.4 Å². The topological polar surface area (TPSA) is 33.4 Å². The molecule has 2 aromatic heterocycles. The highest BCUT2D eigenvalue weighted by atomic mass is 15.4. The van der Waals surface area contributed by atoms with Crippen LogP contribution in [0.3, 0.4) is 0 Å². The molecule has 3 heterocycles. The van der Waals surface area contributed by atoms with Crippen molar-refractivity contribution in [1.29, 1.82) is 0 Å². The summed E-state index contributed by atoms with van der Waals surface area (Å²) in [7, 11) is 0. The number of aromatic nitrogens is 3. The van der Waals surface area contributed by atoms with Gasteiger partial charge in [0.05, 0.1) is 5.69 Å². The summed E-state index contributed by atoms with van der Waals surface area (Å²) in [5.41, 5.74) is 6.92. The molecule has 32 heavy (non-hydrogen) atoms. The van der Waals surface area contributed by atoms with Gasteiger partial charge in [0.1, 0.15) is 5.82 Å². The van der Waals surface area contributed by atoms with Gasteiger partial charge in [0.2, 0.25) is 0 Å². The van der Waals surface area contributed by atoms with Gasteiger partial charge >= 0.3 is 0 Å². The normalized spacial score (nSPS) is 15.1. The Kier molecular flexibility index (Phi) is 5.69. The van der Waals surface area contributed by atoms with Gasteiger partial charge in [-0.3, -0.25) is 0 Å². The molecule has 0 radical (unpaired) electrons. The smallest absolute Gasteiger partial charge is 0.165 e. The van der Waals surface area contributed by atoms with Crippen molar-refractivity contribution in [3.63, 3.8) is 0 Å². The summed E-state index contributed by atoms with van der Waals surface area (Å²) in [6.45, 7) is 8.67. The van der Waals surface area contributed by atoms with Crippen LogP contribution >= 0.6 is 0 Å². The van der Waals surface area contributed by atoms with Crippen molar-refractivity contribution >= 4 is 11.5 Å². The van der Waals surface area contributed by atoms with Crippen LogP contribution in [0, 0.1) is 12.8 Å². The van der Waals surface area contributed by atoms with Crippen molar-refractivity contribution in [2.75, 3.05) is 18.0 Å². The van der Waals surface area contributed by atoms with Crippen molar-refractivity contribution in [1.82, 2.24) is 14.6 Å². The maximum absolute atomic E-state index is 5.07. The van der Waals surface area contributed by atoms with Gasteiger partial charge in [-0.15, -0.1) is 0 Å². The average molecular weight is 425 g/mol. The average Bonchev–Trinajstić information content (AvgIpc) is 3.16.